The van der Waals surface area contributed by atoms with Gasteiger partial charge in [0.25, 0.3) is 0 Å². The molecule has 1 aliphatic heterocycles. The first-order valence-electron chi connectivity index (χ1n) is 11.1. The lowest BCUT2D eigenvalue weighted by Crippen LogP contribution is -2.39. The normalized spacial score (nSPS) is 17.5. The molecule has 0 bridgehead atoms. The van der Waals surface area contributed by atoms with Crippen molar-refractivity contribution < 1.29 is 17.9 Å². The van der Waals surface area contributed by atoms with Crippen LogP contribution >= 0.6 is 0 Å². The number of nitrogens with zero attached hydrogens (tertiary/aromatic N) is 3. The van der Waals surface area contributed by atoms with Gasteiger partial charge >= 0.3 is 0 Å². The molecule has 176 valence electrons. The first-order valence-corrected chi connectivity index (χ1v) is 12.6. The van der Waals surface area contributed by atoms with Crippen LogP contribution in [0.5, 0.6) is 0 Å². The number of rotatable bonds is 3. The SMILES string of the molecule is CN(C)S(=O)(=O)c1cc2c(cc1N1CCOCC1)C(C)(C)c1[nH]c3cc(C#N)ccc3c1C2=O. The summed E-state index contributed by atoms with van der Waals surface area (Å²) in [5, 5.41) is 10.0. The smallest absolute Gasteiger partial charge is 0.244 e. The Balaban J connectivity index is 1.80. The second kappa shape index (κ2) is 7.67. The molecule has 2 aromatic carbocycles. The summed E-state index contributed by atoms with van der Waals surface area (Å²) >= 11 is 0. The molecule has 9 heteroatoms. The number of sulfonamides is 1. The second-order valence-corrected chi connectivity index (χ2v) is 11.6. The number of fused-ring (bicyclic) bond motifs is 4. The summed E-state index contributed by atoms with van der Waals surface area (Å²) in [6.45, 7) is 6.21. The molecule has 8 nitrogen and oxygen atoms in total. The molecule has 1 fully saturated rings. The molecule has 5 rings (SSSR count). The molecule has 1 saturated heterocycles. The molecule has 0 amide bonds. The summed E-state index contributed by atoms with van der Waals surface area (Å²) in [5.41, 5.74) is 3.68. The molecular formula is C25H26N4O4S. The van der Waals surface area contributed by atoms with Crippen LogP contribution in [0.15, 0.2) is 35.2 Å². The topological polar surface area (TPSA) is 106 Å². The van der Waals surface area contributed by atoms with Gasteiger partial charge in [0.1, 0.15) is 4.90 Å². The highest BCUT2D eigenvalue weighted by Crippen LogP contribution is 2.46. The fourth-order valence-corrected chi connectivity index (χ4v) is 6.08. The van der Waals surface area contributed by atoms with Crippen LogP contribution in [0, 0.1) is 11.3 Å². The molecule has 1 N–H and O–H groups in total. The van der Waals surface area contributed by atoms with Crippen LogP contribution in [0.3, 0.4) is 0 Å². The third-order valence-corrected chi connectivity index (χ3v) is 8.75. The van der Waals surface area contributed by atoms with Crippen molar-refractivity contribution in [2.75, 3.05) is 45.3 Å². The van der Waals surface area contributed by atoms with E-state index in [1.807, 2.05) is 24.8 Å². The fraction of sp³-hybridized carbons (Fsp3) is 0.360. The minimum atomic E-state index is -3.81. The zero-order chi connectivity index (χ0) is 24.4. The summed E-state index contributed by atoms with van der Waals surface area (Å²) in [6.07, 6.45) is 0. The van der Waals surface area contributed by atoms with Gasteiger partial charge in [-0.2, -0.15) is 5.26 Å². The van der Waals surface area contributed by atoms with Crippen LogP contribution in [0.4, 0.5) is 5.69 Å². The quantitative estimate of drug-likeness (QED) is 0.620. The second-order valence-electron chi connectivity index (χ2n) is 9.45. The monoisotopic (exact) mass is 478 g/mol. The molecule has 2 aliphatic rings. The number of hydrogen-bond donors (Lipinski definition) is 1. The Hall–Kier alpha value is -3.19. The van der Waals surface area contributed by atoms with E-state index in [2.05, 4.69) is 11.1 Å². The summed E-state index contributed by atoms with van der Waals surface area (Å²) < 4.78 is 33.4. The van der Waals surface area contributed by atoms with Crippen LogP contribution in [0.1, 0.15) is 46.6 Å². The number of aromatic nitrogens is 1. The number of nitrogens with one attached hydrogen (secondary N) is 1. The van der Waals surface area contributed by atoms with E-state index in [1.165, 1.54) is 18.4 Å². The van der Waals surface area contributed by atoms with Crippen LogP contribution in [0.2, 0.25) is 0 Å². The summed E-state index contributed by atoms with van der Waals surface area (Å²) in [4.78, 5) is 19.4. The fourth-order valence-electron chi connectivity index (χ4n) is 4.97. The number of carbonyl (C=O) groups is 1. The maximum atomic E-state index is 13.8. The van der Waals surface area contributed by atoms with Crippen molar-refractivity contribution in [3.05, 3.63) is 58.3 Å². The Kier molecular flexibility index (Phi) is 5.09. The average Bonchev–Trinajstić information content (AvgIpc) is 3.22. The number of ether oxygens (including phenoxy) is 1. The van der Waals surface area contributed by atoms with E-state index in [0.29, 0.717) is 54.2 Å². The van der Waals surface area contributed by atoms with Gasteiger partial charge in [0.15, 0.2) is 5.78 Å². The van der Waals surface area contributed by atoms with Gasteiger partial charge in [-0.3, -0.25) is 4.79 Å². The average molecular weight is 479 g/mol. The number of ketones is 1. The Labute approximate surface area is 198 Å². The highest BCUT2D eigenvalue weighted by Gasteiger charge is 2.42. The molecule has 0 atom stereocenters. The first-order chi connectivity index (χ1) is 16.1. The van der Waals surface area contributed by atoms with Crippen molar-refractivity contribution in [2.24, 2.45) is 0 Å². The molecule has 0 saturated carbocycles. The number of aromatic amines is 1. The van der Waals surface area contributed by atoms with Gasteiger partial charge in [-0.25, -0.2) is 12.7 Å². The molecule has 0 unspecified atom stereocenters. The summed E-state index contributed by atoms with van der Waals surface area (Å²) in [5.74, 6) is -0.219. The van der Waals surface area contributed by atoms with E-state index in [0.717, 1.165) is 16.6 Å². The van der Waals surface area contributed by atoms with Gasteiger partial charge in [-0.05, 0) is 29.8 Å². The summed E-state index contributed by atoms with van der Waals surface area (Å²) in [7, 11) is -0.823. The number of morpholine rings is 1. The number of anilines is 1. The van der Waals surface area contributed by atoms with E-state index in [1.54, 1.807) is 24.3 Å². The highest BCUT2D eigenvalue weighted by atomic mass is 32.2. The van der Waals surface area contributed by atoms with Crippen LogP contribution in [-0.4, -0.2) is 63.9 Å². The lowest BCUT2D eigenvalue weighted by atomic mass is 9.71. The Morgan fingerprint density at radius 1 is 1.15 bits per heavy atom. The van der Waals surface area contributed by atoms with Crippen molar-refractivity contribution >= 4 is 32.4 Å². The third-order valence-electron chi connectivity index (χ3n) is 6.91. The van der Waals surface area contributed by atoms with E-state index in [-0.39, 0.29) is 10.7 Å². The largest absolute Gasteiger partial charge is 0.378 e. The number of benzene rings is 2. The molecule has 34 heavy (non-hydrogen) atoms. The predicted octanol–water partition coefficient (Wildman–Crippen LogP) is 3.00. The number of hydrogen-bond acceptors (Lipinski definition) is 6. The van der Waals surface area contributed by atoms with Gasteiger partial charge in [0.2, 0.25) is 10.0 Å². The van der Waals surface area contributed by atoms with E-state index >= 15 is 0 Å². The van der Waals surface area contributed by atoms with E-state index in [9.17, 15) is 18.5 Å². The van der Waals surface area contributed by atoms with Gasteiger partial charge in [0, 0.05) is 54.8 Å². The zero-order valence-electron chi connectivity index (χ0n) is 19.6. The van der Waals surface area contributed by atoms with E-state index < -0.39 is 15.4 Å². The van der Waals surface area contributed by atoms with Gasteiger partial charge in [0.05, 0.1) is 36.1 Å². The molecule has 1 aliphatic carbocycles. The van der Waals surface area contributed by atoms with Gasteiger partial charge in [-0.15, -0.1) is 0 Å². The van der Waals surface area contributed by atoms with Crippen molar-refractivity contribution in [3.63, 3.8) is 0 Å². The summed E-state index contributed by atoms with van der Waals surface area (Å²) in [6, 6.07) is 10.8. The minimum absolute atomic E-state index is 0.123. The minimum Gasteiger partial charge on any atom is -0.378 e. The Morgan fingerprint density at radius 3 is 2.50 bits per heavy atom. The van der Waals surface area contributed by atoms with Gasteiger partial charge < -0.3 is 14.6 Å². The lowest BCUT2D eigenvalue weighted by molar-refractivity contribution is 0.103. The standard InChI is InChI=1S/C25H26N4O4S/c1-25(2)18-13-20(29-7-9-33-10-8-29)21(34(31,32)28(3)4)12-17(18)23(30)22-16-6-5-15(14-26)11-19(16)27-24(22)25/h5-6,11-13,27H,7-10H2,1-4H3. The lowest BCUT2D eigenvalue weighted by Gasteiger charge is -2.36. The molecule has 2 heterocycles. The predicted molar refractivity (Wildman–Crippen MR) is 129 cm³/mol. The van der Waals surface area contributed by atoms with Crippen molar-refractivity contribution in [3.8, 4) is 6.07 Å². The van der Waals surface area contributed by atoms with Crippen molar-refractivity contribution in [1.29, 1.82) is 5.26 Å². The van der Waals surface area contributed by atoms with Crippen molar-refractivity contribution in [1.82, 2.24) is 9.29 Å². The number of carbonyl (C=O) groups excluding carboxylic acids is 1. The van der Waals surface area contributed by atoms with Gasteiger partial charge in [-0.1, -0.05) is 19.9 Å². The molecule has 1 aromatic heterocycles. The Morgan fingerprint density at radius 2 is 1.85 bits per heavy atom. The van der Waals surface area contributed by atoms with Crippen molar-refractivity contribution in [2.45, 2.75) is 24.2 Å². The van der Waals surface area contributed by atoms with Crippen LogP contribution < -0.4 is 4.90 Å². The van der Waals surface area contributed by atoms with Crippen LogP contribution in [0.25, 0.3) is 10.9 Å². The van der Waals surface area contributed by atoms with Crippen LogP contribution in [-0.2, 0) is 20.2 Å². The molecule has 0 radical (unpaired) electrons. The molecule has 0 spiro atoms. The third kappa shape index (κ3) is 3.17. The first kappa shape index (κ1) is 22.6. The number of H-pyrrole nitrogens is 1. The molecular weight excluding hydrogens is 452 g/mol. The zero-order valence-corrected chi connectivity index (χ0v) is 20.4. The maximum Gasteiger partial charge on any atom is 0.244 e. The number of nitriles is 1. The Bertz CT molecular complexity index is 1490. The molecule has 3 aromatic rings. The van der Waals surface area contributed by atoms with E-state index in [4.69, 9.17) is 4.74 Å². The highest BCUT2D eigenvalue weighted by molar-refractivity contribution is 7.89. The maximum absolute atomic E-state index is 13.8.